The number of rotatable bonds is 3. The second-order valence-corrected chi connectivity index (χ2v) is 6.30. The molecule has 5 heteroatoms. The number of hydrogen-bond acceptors (Lipinski definition) is 4. The summed E-state index contributed by atoms with van der Waals surface area (Å²) < 4.78 is 0. The number of aromatic nitrogens is 4. The molecule has 0 aliphatic heterocycles. The Morgan fingerprint density at radius 2 is 1.76 bits per heavy atom. The molecule has 0 atom stereocenters. The summed E-state index contributed by atoms with van der Waals surface area (Å²) in [4.78, 5) is 8.79. The molecule has 3 aromatic heterocycles. The molecule has 4 aromatic rings. The van der Waals surface area contributed by atoms with Crippen molar-refractivity contribution in [1.82, 2.24) is 20.2 Å². The summed E-state index contributed by atoms with van der Waals surface area (Å²) in [5.41, 5.74) is 5.16. The SMILES string of the molecule is CC(C)c1[nH]nc2nc(-c3ccccc3O)cc(-c3ccncc3)c12. The molecule has 0 aliphatic carbocycles. The van der Waals surface area contributed by atoms with Crippen LogP contribution in [0.5, 0.6) is 5.75 Å². The maximum absolute atomic E-state index is 10.2. The van der Waals surface area contributed by atoms with Gasteiger partial charge in [-0.05, 0) is 47.4 Å². The maximum atomic E-state index is 10.2. The molecule has 0 spiro atoms. The number of nitrogens with one attached hydrogen (secondary N) is 1. The van der Waals surface area contributed by atoms with Crippen molar-refractivity contribution in [3.05, 3.63) is 60.6 Å². The fraction of sp³-hybridized carbons (Fsp3) is 0.150. The van der Waals surface area contributed by atoms with Gasteiger partial charge in [0.1, 0.15) is 5.75 Å². The lowest BCUT2D eigenvalue weighted by molar-refractivity contribution is 0.477. The van der Waals surface area contributed by atoms with E-state index in [0.29, 0.717) is 22.8 Å². The Balaban J connectivity index is 2.05. The van der Waals surface area contributed by atoms with Gasteiger partial charge in [-0.25, -0.2) is 4.98 Å². The molecule has 0 amide bonds. The van der Waals surface area contributed by atoms with E-state index in [4.69, 9.17) is 0 Å². The fourth-order valence-electron chi connectivity index (χ4n) is 3.05. The Kier molecular flexibility index (Phi) is 3.69. The summed E-state index contributed by atoms with van der Waals surface area (Å²) >= 11 is 0. The van der Waals surface area contributed by atoms with Gasteiger partial charge >= 0.3 is 0 Å². The molecule has 0 unspecified atom stereocenters. The molecule has 0 aliphatic rings. The van der Waals surface area contributed by atoms with Gasteiger partial charge < -0.3 is 5.11 Å². The molecule has 0 bridgehead atoms. The molecule has 1 aromatic carbocycles. The summed E-state index contributed by atoms with van der Waals surface area (Å²) in [6, 6.07) is 13.2. The van der Waals surface area contributed by atoms with Crippen molar-refractivity contribution in [2.75, 3.05) is 0 Å². The number of H-pyrrole nitrogens is 1. The quantitative estimate of drug-likeness (QED) is 0.579. The van der Waals surface area contributed by atoms with E-state index in [1.54, 1.807) is 24.5 Å². The molecule has 25 heavy (non-hydrogen) atoms. The second kappa shape index (κ2) is 6.02. The van der Waals surface area contributed by atoms with Crippen molar-refractivity contribution in [3.63, 3.8) is 0 Å². The number of phenolic OH excluding ortho intramolecular Hbond substituents is 1. The maximum Gasteiger partial charge on any atom is 0.182 e. The Morgan fingerprint density at radius 1 is 1.00 bits per heavy atom. The minimum Gasteiger partial charge on any atom is -0.507 e. The van der Waals surface area contributed by atoms with Crippen LogP contribution in [0.4, 0.5) is 0 Å². The zero-order valence-electron chi connectivity index (χ0n) is 14.1. The molecule has 0 radical (unpaired) electrons. The lowest BCUT2D eigenvalue weighted by Gasteiger charge is -2.10. The fourth-order valence-corrected chi connectivity index (χ4v) is 3.05. The molecule has 4 rings (SSSR count). The van der Waals surface area contributed by atoms with Gasteiger partial charge in [0.15, 0.2) is 5.65 Å². The van der Waals surface area contributed by atoms with Crippen molar-refractivity contribution in [2.24, 2.45) is 0 Å². The molecule has 3 heterocycles. The zero-order chi connectivity index (χ0) is 17.4. The molecular weight excluding hydrogens is 312 g/mol. The smallest absolute Gasteiger partial charge is 0.182 e. The van der Waals surface area contributed by atoms with E-state index in [-0.39, 0.29) is 5.75 Å². The van der Waals surface area contributed by atoms with E-state index < -0.39 is 0 Å². The molecule has 0 fully saturated rings. The zero-order valence-corrected chi connectivity index (χ0v) is 14.1. The average Bonchev–Trinajstić information content (AvgIpc) is 3.06. The standard InChI is InChI=1S/C20H18N4O/c1-12(2)19-18-15(13-7-9-21-10-8-13)11-16(22-20(18)24-23-19)14-5-3-4-6-17(14)25/h3-12,25H,1-2H3,(H,22,23,24). The van der Waals surface area contributed by atoms with Crippen molar-refractivity contribution in [2.45, 2.75) is 19.8 Å². The Morgan fingerprint density at radius 3 is 2.48 bits per heavy atom. The Labute approximate surface area is 145 Å². The van der Waals surface area contributed by atoms with Gasteiger partial charge in [-0.1, -0.05) is 26.0 Å². The summed E-state index contributed by atoms with van der Waals surface area (Å²) in [5, 5.41) is 18.8. The lowest BCUT2D eigenvalue weighted by atomic mass is 9.97. The highest BCUT2D eigenvalue weighted by Gasteiger charge is 2.18. The number of benzene rings is 1. The van der Waals surface area contributed by atoms with Crippen LogP contribution in [0.1, 0.15) is 25.5 Å². The normalized spacial score (nSPS) is 11.3. The van der Waals surface area contributed by atoms with Gasteiger partial charge in [-0.3, -0.25) is 10.1 Å². The molecule has 0 saturated heterocycles. The minimum absolute atomic E-state index is 0.203. The third-order valence-electron chi connectivity index (χ3n) is 4.30. The van der Waals surface area contributed by atoms with Gasteiger partial charge in [-0.15, -0.1) is 0 Å². The van der Waals surface area contributed by atoms with E-state index in [2.05, 4.69) is 34.0 Å². The van der Waals surface area contributed by atoms with E-state index in [1.807, 2.05) is 30.3 Å². The van der Waals surface area contributed by atoms with Crippen LogP contribution >= 0.6 is 0 Å². The first-order chi connectivity index (χ1) is 12.1. The first-order valence-electron chi connectivity index (χ1n) is 8.23. The summed E-state index contributed by atoms with van der Waals surface area (Å²) in [5.74, 6) is 0.498. The predicted molar refractivity (Wildman–Crippen MR) is 98.3 cm³/mol. The largest absolute Gasteiger partial charge is 0.507 e. The van der Waals surface area contributed by atoms with Crippen LogP contribution in [0.15, 0.2) is 54.9 Å². The van der Waals surface area contributed by atoms with Gasteiger partial charge in [0.25, 0.3) is 0 Å². The number of nitrogens with zero attached hydrogens (tertiary/aromatic N) is 3. The summed E-state index contributed by atoms with van der Waals surface area (Å²) in [6.07, 6.45) is 3.55. The van der Waals surface area contributed by atoms with Gasteiger partial charge in [0, 0.05) is 23.7 Å². The van der Waals surface area contributed by atoms with E-state index in [0.717, 1.165) is 22.2 Å². The van der Waals surface area contributed by atoms with Crippen molar-refractivity contribution in [1.29, 1.82) is 0 Å². The van der Waals surface area contributed by atoms with Crippen LogP contribution in [0.2, 0.25) is 0 Å². The van der Waals surface area contributed by atoms with E-state index in [1.165, 1.54) is 0 Å². The number of fused-ring (bicyclic) bond motifs is 1. The Hall–Kier alpha value is -3.21. The van der Waals surface area contributed by atoms with E-state index in [9.17, 15) is 5.11 Å². The first-order valence-corrected chi connectivity index (χ1v) is 8.23. The number of para-hydroxylation sites is 1. The van der Waals surface area contributed by atoms with Crippen molar-refractivity contribution in [3.8, 4) is 28.1 Å². The van der Waals surface area contributed by atoms with Crippen molar-refractivity contribution < 1.29 is 5.11 Å². The van der Waals surface area contributed by atoms with Crippen LogP contribution in [0.25, 0.3) is 33.4 Å². The van der Waals surface area contributed by atoms with Gasteiger partial charge in [0.2, 0.25) is 0 Å². The third-order valence-corrected chi connectivity index (χ3v) is 4.30. The molecule has 124 valence electrons. The van der Waals surface area contributed by atoms with Crippen LogP contribution in [-0.4, -0.2) is 25.3 Å². The lowest BCUT2D eigenvalue weighted by Crippen LogP contribution is -1.93. The molecule has 0 saturated carbocycles. The number of pyridine rings is 2. The average molecular weight is 330 g/mol. The van der Waals surface area contributed by atoms with Crippen LogP contribution < -0.4 is 0 Å². The minimum atomic E-state index is 0.203. The van der Waals surface area contributed by atoms with E-state index >= 15 is 0 Å². The van der Waals surface area contributed by atoms with Crippen LogP contribution in [0, 0.1) is 0 Å². The van der Waals surface area contributed by atoms with Crippen LogP contribution in [-0.2, 0) is 0 Å². The van der Waals surface area contributed by atoms with Gasteiger partial charge in [0.05, 0.1) is 11.1 Å². The predicted octanol–water partition coefficient (Wildman–Crippen LogP) is 4.52. The topological polar surface area (TPSA) is 74.7 Å². The van der Waals surface area contributed by atoms with Crippen molar-refractivity contribution >= 4 is 11.0 Å². The molecular formula is C20H18N4O. The highest BCUT2D eigenvalue weighted by molar-refractivity contribution is 5.97. The number of phenols is 1. The molecule has 2 N–H and O–H groups in total. The monoisotopic (exact) mass is 330 g/mol. The first kappa shape index (κ1) is 15.3. The van der Waals surface area contributed by atoms with Gasteiger partial charge in [-0.2, -0.15) is 5.10 Å². The Bertz CT molecular complexity index is 1040. The number of aromatic amines is 1. The number of aromatic hydroxyl groups is 1. The molecule has 5 nitrogen and oxygen atoms in total. The summed E-state index contributed by atoms with van der Waals surface area (Å²) in [7, 11) is 0. The number of hydrogen-bond donors (Lipinski definition) is 2. The van der Waals surface area contributed by atoms with Crippen LogP contribution in [0.3, 0.4) is 0 Å². The highest BCUT2D eigenvalue weighted by Crippen LogP contribution is 2.37. The highest BCUT2D eigenvalue weighted by atomic mass is 16.3. The summed E-state index contributed by atoms with van der Waals surface area (Å²) in [6.45, 7) is 4.25. The third kappa shape index (κ3) is 2.63. The second-order valence-electron chi connectivity index (χ2n) is 6.30.